The number of carbonyl (C=O) groups is 1. The highest BCUT2D eigenvalue weighted by Gasteiger charge is 2.32. The number of rotatable bonds is 5. The lowest BCUT2D eigenvalue weighted by molar-refractivity contribution is -0.138. The summed E-state index contributed by atoms with van der Waals surface area (Å²) in [6.07, 6.45) is 7.79. The van der Waals surface area contributed by atoms with Crippen LogP contribution in [0.3, 0.4) is 0 Å². The van der Waals surface area contributed by atoms with E-state index < -0.39 is 27.3 Å². The number of carboxylic acid groups (broad SMARTS) is 1. The van der Waals surface area contributed by atoms with Crippen LogP contribution in [0, 0.1) is 12.3 Å². The fourth-order valence-electron chi connectivity index (χ4n) is 1.79. The van der Waals surface area contributed by atoms with Crippen LogP contribution in [0.1, 0.15) is 32.1 Å². The van der Waals surface area contributed by atoms with Gasteiger partial charge in [0, 0.05) is 6.42 Å². The van der Waals surface area contributed by atoms with Crippen molar-refractivity contribution in [3.8, 4) is 12.3 Å². The monoisotopic (exact) mass is 245 g/mol. The van der Waals surface area contributed by atoms with E-state index in [0.29, 0.717) is 12.8 Å². The predicted molar refractivity (Wildman–Crippen MR) is 59.2 cm³/mol. The van der Waals surface area contributed by atoms with Gasteiger partial charge in [-0.05, 0) is 12.8 Å². The van der Waals surface area contributed by atoms with Gasteiger partial charge >= 0.3 is 5.97 Å². The Labute approximate surface area is 95.3 Å². The van der Waals surface area contributed by atoms with Crippen LogP contribution >= 0.6 is 0 Å². The minimum atomic E-state index is -3.55. The molecule has 6 heteroatoms. The van der Waals surface area contributed by atoms with E-state index in [-0.39, 0.29) is 6.42 Å². The SMILES string of the molecule is C#CCC(NS(=O)(=O)C1CCCC1)C(=O)O. The maximum atomic E-state index is 11.8. The number of hydrogen-bond donors (Lipinski definition) is 2. The average Bonchev–Trinajstić information content (AvgIpc) is 2.69. The molecule has 0 spiro atoms. The van der Waals surface area contributed by atoms with Gasteiger partial charge in [-0.1, -0.05) is 12.8 Å². The standard InChI is InChI=1S/C10H15NO4S/c1-2-5-9(10(12)13)11-16(14,15)8-6-3-4-7-8/h1,8-9,11H,3-7H2,(H,12,13). The number of hydrogen-bond acceptors (Lipinski definition) is 3. The molecule has 1 aliphatic carbocycles. The molecular formula is C10H15NO4S. The van der Waals surface area contributed by atoms with Crippen molar-refractivity contribution in [3.05, 3.63) is 0 Å². The van der Waals surface area contributed by atoms with Crippen molar-refractivity contribution in [2.75, 3.05) is 0 Å². The van der Waals surface area contributed by atoms with Crippen LogP contribution in [0.15, 0.2) is 0 Å². The van der Waals surface area contributed by atoms with Crippen molar-refractivity contribution in [2.45, 2.75) is 43.4 Å². The molecule has 0 aromatic rings. The smallest absolute Gasteiger partial charge is 0.322 e. The van der Waals surface area contributed by atoms with Gasteiger partial charge in [0.1, 0.15) is 6.04 Å². The largest absolute Gasteiger partial charge is 0.480 e. The molecule has 1 saturated carbocycles. The third kappa shape index (κ3) is 3.22. The maximum absolute atomic E-state index is 11.8. The molecule has 0 heterocycles. The van der Waals surface area contributed by atoms with Crippen LogP contribution in [0.2, 0.25) is 0 Å². The average molecular weight is 245 g/mol. The molecule has 5 nitrogen and oxygen atoms in total. The Hall–Kier alpha value is -1.06. The van der Waals surface area contributed by atoms with Crippen LogP contribution in [-0.2, 0) is 14.8 Å². The molecule has 0 radical (unpaired) electrons. The second-order valence-corrected chi connectivity index (χ2v) is 5.86. The molecule has 0 amide bonds. The van der Waals surface area contributed by atoms with Crippen molar-refractivity contribution in [3.63, 3.8) is 0 Å². The highest BCUT2D eigenvalue weighted by Crippen LogP contribution is 2.24. The van der Waals surface area contributed by atoms with E-state index in [9.17, 15) is 13.2 Å². The molecular weight excluding hydrogens is 230 g/mol. The molecule has 2 N–H and O–H groups in total. The minimum absolute atomic E-state index is 0.138. The molecule has 0 aliphatic heterocycles. The first-order valence-electron chi connectivity index (χ1n) is 5.15. The lowest BCUT2D eigenvalue weighted by Gasteiger charge is -2.16. The van der Waals surface area contributed by atoms with E-state index in [0.717, 1.165) is 12.8 Å². The molecule has 1 fully saturated rings. The van der Waals surface area contributed by atoms with Crippen LogP contribution in [-0.4, -0.2) is 30.8 Å². The summed E-state index contributed by atoms with van der Waals surface area (Å²) in [5.74, 6) is 0.918. The Bertz CT molecular complexity index is 390. The highest BCUT2D eigenvalue weighted by molar-refractivity contribution is 7.90. The van der Waals surface area contributed by atoms with Crippen molar-refractivity contribution >= 4 is 16.0 Å². The van der Waals surface area contributed by atoms with Crippen LogP contribution in [0.4, 0.5) is 0 Å². The van der Waals surface area contributed by atoms with E-state index >= 15 is 0 Å². The molecule has 0 aromatic heterocycles. The second kappa shape index (κ2) is 5.32. The van der Waals surface area contributed by atoms with E-state index in [2.05, 4.69) is 10.6 Å². The van der Waals surface area contributed by atoms with Crippen LogP contribution < -0.4 is 4.72 Å². The first kappa shape index (κ1) is 13.0. The third-order valence-corrected chi connectivity index (χ3v) is 4.63. The molecule has 0 saturated heterocycles. The van der Waals surface area contributed by atoms with Gasteiger partial charge in [0.25, 0.3) is 0 Å². The quantitative estimate of drug-likeness (QED) is 0.683. The number of carboxylic acids is 1. The summed E-state index contributed by atoms with van der Waals surface area (Å²) in [4.78, 5) is 10.8. The van der Waals surface area contributed by atoms with Gasteiger partial charge in [0.05, 0.1) is 5.25 Å². The Balaban J connectivity index is 2.69. The van der Waals surface area contributed by atoms with Crippen molar-refractivity contribution in [1.29, 1.82) is 0 Å². The first-order valence-corrected chi connectivity index (χ1v) is 6.69. The molecule has 0 aromatic carbocycles. The summed E-state index contributed by atoms with van der Waals surface area (Å²) < 4.78 is 25.7. The number of nitrogens with one attached hydrogen (secondary N) is 1. The van der Waals surface area contributed by atoms with Gasteiger partial charge in [-0.15, -0.1) is 12.3 Å². The number of sulfonamides is 1. The van der Waals surface area contributed by atoms with Gasteiger partial charge in [-0.3, -0.25) is 4.79 Å². The van der Waals surface area contributed by atoms with Crippen molar-refractivity contribution in [1.82, 2.24) is 4.72 Å². The minimum Gasteiger partial charge on any atom is -0.480 e. The first-order chi connectivity index (χ1) is 7.47. The summed E-state index contributed by atoms with van der Waals surface area (Å²) in [6, 6.07) is -1.21. The van der Waals surface area contributed by atoms with Crippen LogP contribution in [0.5, 0.6) is 0 Å². The Morgan fingerprint density at radius 2 is 2.06 bits per heavy atom. The Kier molecular flexibility index (Phi) is 4.33. The molecule has 1 atom stereocenters. The fourth-order valence-corrected chi connectivity index (χ4v) is 3.52. The predicted octanol–water partition coefficient (Wildman–Crippen LogP) is 0.325. The molecule has 1 unspecified atom stereocenters. The zero-order chi connectivity index (χ0) is 12.2. The molecule has 16 heavy (non-hydrogen) atoms. The van der Waals surface area contributed by atoms with E-state index in [1.165, 1.54) is 0 Å². The number of terminal acetylenes is 1. The Morgan fingerprint density at radius 3 is 2.50 bits per heavy atom. The van der Waals surface area contributed by atoms with Gasteiger partial charge in [0.2, 0.25) is 10.0 Å². The molecule has 90 valence electrons. The Morgan fingerprint density at radius 1 is 1.50 bits per heavy atom. The van der Waals surface area contributed by atoms with Gasteiger partial charge in [-0.25, -0.2) is 8.42 Å². The summed E-state index contributed by atoms with van der Waals surface area (Å²) in [6.45, 7) is 0. The van der Waals surface area contributed by atoms with Crippen molar-refractivity contribution in [2.24, 2.45) is 0 Å². The molecule has 0 bridgehead atoms. The number of aliphatic carboxylic acids is 1. The fraction of sp³-hybridized carbons (Fsp3) is 0.700. The van der Waals surface area contributed by atoms with E-state index in [1.807, 2.05) is 0 Å². The summed E-state index contributed by atoms with van der Waals surface area (Å²) in [7, 11) is -3.55. The van der Waals surface area contributed by atoms with Gasteiger partial charge < -0.3 is 5.11 Å². The zero-order valence-electron chi connectivity index (χ0n) is 8.85. The third-order valence-electron chi connectivity index (χ3n) is 2.67. The van der Waals surface area contributed by atoms with Crippen LogP contribution in [0.25, 0.3) is 0 Å². The lowest BCUT2D eigenvalue weighted by atomic mass is 10.2. The molecule has 1 aliphatic rings. The highest BCUT2D eigenvalue weighted by atomic mass is 32.2. The van der Waals surface area contributed by atoms with Gasteiger partial charge in [-0.2, -0.15) is 4.72 Å². The second-order valence-electron chi connectivity index (χ2n) is 3.87. The van der Waals surface area contributed by atoms with E-state index in [4.69, 9.17) is 11.5 Å². The zero-order valence-corrected chi connectivity index (χ0v) is 9.66. The molecule has 1 rings (SSSR count). The topological polar surface area (TPSA) is 83.5 Å². The van der Waals surface area contributed by atoms with Gasteiger partial charge in [0.15, 0.2) is 0 Å². The normalized spacial score (nSPS) is 19.2. The maximum Gasteiger partial charge on any atom is 0.322 e. The van der Waals surface area contributed by atoms with E-state index in [1.54, 1.807) is 0 Å². The summed E-state index contributed by atoms with van der Waals surface area (Å²) in [5.41, 5.74) is 0. The lowest BCUT2D eigenvalue weighted by Crippen LogP contribution is -2.44. The summed E-state index contributed by atoms with van der Waals surface area (Å²) in [5, 5.41) is 8.32. The summed E-state index contributed by atoms with van der Waals surface area (Å²) >= 11 is 0. The van der Waals surface area contributed by atoms with Crippen molar-refractivity contribution < 1.29 is 18.3 Å².